The highest BCUT2D eigenvalue weighted by Gasteiger charge is 2.28. The molecule has 1 saturated heterocycles. The molecule has 0 saturated carbocycles. The number of para-hydroxylation sites is 1. The van der Waals surface area contributed by atoms with Crippen molar-refractivity contribution in [3.05, 3.63) is 112 Å². The predicted octanol–water partition coefficient (Wildman–Crippen LogP) is 4.71. The number of hydrogen-bond donors (Lipinski definition) is 1. The van der Waals surface area contributed by atoms with Crippen LogP contribution in [0.3, 0.4) is 0 Å². The second-order valence-electron chi connectivity index (χ2n) is 9.05. The molecule has 0 spiro atoms. The molecule has 2 amide bonds. The molecule has 0 atom stereocenters. The first-order chi connectivity index (χ1) is 17.9. The van der Waals surface area contributed by atoms with Crippen LogP contribution in [0.4, 0.5) is 8.78 Å². The van der Waals surface area contributed by atoms with Crippen molar-refractivity contribution >= 4 is 22.6 Å². The first-order valence-corrected chi connectivity index (χ1v) is 12.2. The summed E-state index contributed by atoms with van der Waals surface area (Å²) >= 11 is 0. The number of nitrogens with zero attached hydrogens (tertiary/aromatic N) is 2. The number of benzene rings is 3. The van der Waals surface area contributed by atoms with E-state index in [4.69, 9.17) is 0 Å². The molecule has 0 unspecified atom stereocenters. The summed E-state index contributed by atoms with van der Waals surface area (Å²) in [5.41, 5.74) is 0.790. The summed E-state index contributed by atoms with van der Waals surface area (Å²) in [6.45, 7) is 0.533. The lowest BCUT2D eigenvalue weighted by Crippen LogP contribution is -2.39. The number of pyridine rings is 1. The number of nitrogens with one attached hydrogen (secondary N) is 1. The summed E-state index contributed by atoms with van der Waals surface area (Å²) in [4.78, 5) is 41.8. The van der Waals surface area contributed by atoms with Gasteiger partial charge in [-0.25, -0.2) is 8.78 Å². The molecule has 6 nitrogen and oxygen atoms in total. The third kappa shape index (κ3) is 4.87. The quantitative estimate of drug-likeness (QED) is 0.416. The standard InChI is InChI=1S/C29H25F2N3O3/c30-20-9-6-8-19(16-20)17-32-28(36)27-22-12-7-13-23(31)26(22)29(37)34(21-10-2-1-3-11-21)24(27)18-33-15-5-4-14-25(33)35/h1-3,6-13,16H,4-5,14-15,17-18H2,(H,32,36). The lowest BCUT2D eigenvalue weighted by molar-refractivity contribution is -0.133. The van der Waals surface area contributed by atoms with Crippen LogP contribution < -0.4 is 10.9 Å². The molecule has 0 aliphatic carbocycles. The maximum absolute atomic E-state index is 15.1. The minimum atomic E-state index is -0.744. The largest absolute Gasteiger partial charge is 0.348 e. The monoisotopic (exact) mass is 501 g/mol. The van der Waals surface area contributed by atoms with Gasteiger partial charge in [0.25, 0.3) is 11.5 Å². The first-order valence-electron chi connectivity index (χ1n) is 12.2. The molecule has 8 heteroatoms. The van der Waals surface area contributed by atoms with Gasteiger partial charge in [0.2, 0.25) is 5.91 Å². The number of rotatable bonds is 6. The van der Waals surface area contributed by atoms with Crippen LogP contribution in [0.1, 0.15) is 40.9 Å². The Balaban J connectivity index is 1.72. The zero-order valence-corrected chi connectivity index (χ0v) is 20.0. The van der Waals surface area contributed by atoms with Gasteiger partial charge in [0.05, 0.1) is 23.2 Å². The molecule has 5 rings (SSSR count). The van der Waals surface area contributed by atoms with E-state index in [1.165, 1.54) is 34.9 Å². The Morgan fingerprint density at radius 3 is 2.46 bits per heavy atom. The molecule has 4 aromatic rings. The van der Waals surface area contributed by atoms with E-state index in [2.05, 4.69) is 5.32 Å². The van der Waals surface area contributed by atoms with Gasteiger partial charge in [-0.3, -0.25) is 19.0 Å². The fourth-order valence-corrected chi connectivity index (χ4v) is 4.83. The molecule has 1 N–H and O–H groups in total. The average molecular weight is 502 g/mol. The molecule has 0 bridgehead atoms. The number of carbonyl (C=O) groups excluding carboxylic acids is 2. The lowest BCUT2D eigenvalue weighted by atomic mass is 10.00. The Bertz CT molecular complexity index is 1550. The fourth-order valence-electron chi connectivity index (χ4n) is 4.83. The Hall–Kier alpha value is -4.33. The van der Waals surface area contributed by atoms with Gasteiger partial charge in [0.15, 0.2) is 0 Å². The van der Waals surface area contributed by atoms with Gasteiger partial charge in [0, 0.05) is 30.6 Å². The normalized spacial score (nSPS) is 13.7. The number of fused-ring (bicyclic) bond motifs is 1. The molecular formula is C29H25F2N3O3. The molecule has 1 fully saturated rings. The first kappa shape index (κ1) is 24.4. The Morgan fingerprint density at radius 1 is 0.919 bits per heavy atom. The molecule has 2 heterocycles. The van der Waals surface area contributed by atoms with Gasteiger partial charge in [0.1, 0.15) is 11.6 Å². The maximum atomic E-state index is 15.1. The van der Waals surface area contributed by atoms with E-state index >= 15 is 4.39 Å². The van der Waals surface area contributed by atoms with Crippen molar-refractivity contribution in [3.63, 3.8) is 0 Å². The summed E-state index contributed by atoms with van der Waals surface area (Å²) in [5, 5.41) is 2.74. The third-order valence-corrected chi connectivity index (χ3v) is 6.60. The summed E-state index contributed by atoms with van der Waals surface area (Å²) in [5.74, 6) is -1.79. The van der Waals surface area contributed by atoms with Gasteiger partial charge in [-0.1, -0.05) is 42.5 Å². The van der Waals surface area contributed by atoms with Crippen LogP contribution >= 0.6 is 0 Å². The highest BCUT2D eigenvalue weighted by atomic mass is 19.1. The van der Waals surface area contributed by atoms with Crippen LogP contribution in [0.5, 0.6) is 0 Å². The zero-order chi connectivity index (χ0) is 25.9. The second kappa shape index (κ2) is 10.3. The number of halogens is 2. The molecule has 1 aliphatic heterocycles. The SMILES string of the molecule is O=C(NCc1cccc(F)c1)c1c(CN2CCCCC2=O)n(-c2ccccc2)c(=O)c2c(F)cccc12. The summed E-state index contributed by atoms with van der Waals surface area (Å²) < 4.78 is 30.1. The van der Waals surface area contributed by atoms with Crippen LogP contribution in [0.2, 0.25) is 0 Å². The Labute approximate surface area is 212 Å². The highest BCUT2D eigenvalue weighted by molar-refractivity contribution is 6.08. The minimum Gasteiger partial charge on any atom is -0.348 e. The van der Waals surface area contributed by atoms with E-state index in [1.54, 1.807) is 47.4 Å². The van der Waals surface area contributed by atoms with E-state index in [9.17, 15) is 18.8 Å². The fraction of sp³-hybridized carbons (Fsp3) is 0.207. The summed E-state index contributed by atoms with van der Waals surface area (Å²) in [7, 11) is 0. The number of carbonyl (C=O) groups is 2. The van der Waals surface area contributed by atoms with Crippen molar-refractivity contribution in [2.24, 2.45) is 0 Å². The van der Waals surface area contributed by atoms with E-state index in [-0.39, 0.29) is 35.3 Å². The average Bonchev–Trinajstić information content (AvgIpc) is 2.89. The van der Waals surface area contributed by atoms with Crippen molar-refractivity contribution in [3.8, 4) is 5.69 Å². The molecule has 1 aromatic heterocycles. The zero-order valence-electron chi connectivity index (χ0n) is 20.0. The van der Waals surface area contributed by atoms with Crippen LogP contribution in [-0.2, 0) is 17.9 Å². The highest BCUT2D eigenvalue weighted by Crippen LogP contribution is 2.27. The lowest BCUT2D eigenvalue weighted by Gasteiger charge is -2.29. The van der Waals surface area contributed by atoms with E-state index in [1.807, 2.05) is 0 Å². The van der Waals surface area contributed by atoms with Crippen molar-refractivity contribution in [1.29, 1.82) is 0 Å². The van der Waals surface area contributed by atoms with E-state index in [0.717, 1.165) is 12.8 Å². The summed E-state index contributed by atoms with van der Waals surface area (Å²) in [6, 6.07) is 18.7. The third-order valence-electron chi connectivity index (χ3n) is 6.60. The molecule has 188 valence electrons. The van der Waals surface area contributed by atoms with Gasteiger partial charge >= 0.3 is 0 Å². The van der Waals surface area contributed by atoms with E-state index in [0.29, 0.717) is 29.9 Å². The van der Waals surface area contributed by atoms with Crippen LogP contribution in [0.25, 0.3) is 16.5 Å². The van der Waals surface area contributed by atoms with Crippen molar-refractivity contribution in [1.82, 2.24) is 14.8 Å². The Kier molecular flexibility index (Phi) is 6.81. The summed E-state index contributed by atoms with van der Waals surface area (Å²) in [6.07, 6.45) is 1.98. The van der Waals surface area contributed by atoms with Crippen LogP contribution in [-0.4, -0.2) is 27.8 Å². The number of piperidine rings is 1. The maximum Gasteiger partial charge on any atom is 0.266 e. The van der Waals surface area contributed by atoms with Crippen LogP contribution in [0.15, 0.2) is 77.6 Å². The predicted molar refractivity (Wildman–Crippen MR) is 136 cm³/mol. The Morgan fingerprint density at radius 2 is 1.70 bits per heavy atom. The van der Waals surface area contributed by atoms with E-state index < -0.39 is 23.1 Å². The van der Waals surface area contributed by atoms with Crippen molar-refractivity contribution in [2.75, 3.05) is 6.54 Å². The van der Waals surface area contributed by atoms with Gasteiger partial charge in [-0.15, -0.1) is 0 Å². The number of amides is 2. The molecule has 37 heavy (non-hydrogen) atoms. The molecular weight excluding hydrogens is 476 g/mol. The number of aromatic nitrogens is 1. The molecule has 0 radical (unpaired) electrons. The second-order valence-corrected chi connectivity index (χ2v) is 9.05. The van der Waals surface area contributed by atoms with Gasteiger partial charge in [-0.2, -0.15) is 0 Å². The smallest absolute Gasteiger partial charge is 0.266 e. The molecule has 1 aliphatic rings. The number of hydrogen-bond acceptors (Lipinski definition) is 3. The van der Waals surface area contributed by atoms with Crippen LogP contribution in [0, 0.1) is 11.6 Å². The van der Waals surface area contributed by atoms with Crippen molar-refractivity contribution in [2.45, 2.75) is 32.4 Å². The van der Waals surface area contributed by atoms with Crippen molar-refractivity contribution < 1.29 is 18.4 Å². The molecule has 3 aromatic carbocycles. The topological polar surface area (TPSA) is 71.4 Å². The van der Waals surface area contributed by atoms with Gasteiger partial charge < -0.3 is 10.2 Å². The minimum absolute atomic E-state index is 0.0120. The van der Waals surface area contributed by atoms with Gasteiger partial charge in [-0.05, 0) is 48.7 Å². The number of likely N-dealkylation sites (tertiary alicyclic amines) is 1.